The van der Waals surface area contributed by atoms with Crippen molar-refractivity contribution in [1.82, 2.24) is 4.90 Å². The van der Waals surface area contributed by atoms with Crippen molar-refractivity contribution in [2.24, 2.45) is 5.92 Å². The third-order valence-corrected chi connectivity index (χ3v) is 4.45. The normalized spacial score (nSPS) is 19.0. The Morgan fingerprint density at radius 3 is 2.75 bits per heavy atom. The van der Waals surface area contributed by atoms with Crippen LogP contribution in [0.2, 0.25) is 0 Å². The first-order chi connectivity index (χ1) is 11.5. The molecule has 1 amide bonds. The second-order valence-corrected chi connectivity index (χ2v) is 6.17. The number of hydrogen-bond donors (Lipinski definition) is 1. The van der Waals surface area contributed by atoms with Gasteiger partial charge in [0.25, 0.3) is 0 Å². The molecule has 0 saturated heterocycles. The molecule has 1 aliphatic rings. The van der Waals surface area contributed by atoms with E-state index in [4.69, 9.17) is 4.74 Å². The Kier molecular flexibility index (Phi) is 4.42. The Balaban J connectivity index is 1.64. The lowest BCUT2D eigenvalue weighted by Crippen LogP contribution is -2.28. The fourth-order valence-corrected chi connectivity index (χ4v) is 3.06. The number of methoxy groups -OCH3 is 1. The van der Waals surface area contributed by atoms with Crippen molar-refractivity contribution >= 4 is 5.91 Å². The number of halogens is 1. The van der Waals surface area contributed by atoms with Gasteiger partial charge >= 0.3 is 0 Å². The van der Waals surface area contributed by atoms with Crippen LogP contribution in [-0.4, -0.2) is 30.1 Å². The number of amides is 1. The molecule has 0 aromatic heterocycles. The van der Waals surface area contributed by atoms with Crippen molar-refractivity contribution in [3.05, 3.63) is 59.4 Å². The number of nitrogens with zero attached hydrogens (tertiary/aromatic N) is 1. The average molecular weight is 329 g/mol. The molecule has 5 heteroatoms. The van der Waals surface area contributed by atoms with Crippen molar-refractivity contribution in [2.45, 2.75) is 18.9 Å². The third kappa shape index (κ3) is 3.20. The summed E-state index contributed by atoms with van der Waals surface area (Å²) in [6, 6.07) is 11.7. The van der Waals surface area contributed by atoms with Gasteiger partial charge in [-0.05, 0) is 41.7 Å². The first-order valence-corrected chi connectivity index (χ1v) is 7.86. The van der Waals surface area contributed by atoms with Crippen molar-refractivity contribution in [3.8, 4) is 11.5 Å². The highest BCUT2D eigenvalue weighted by Gasteiger charge is 2.46. The Morgan fingerprint density at radius 1 is 1.33 bits per heavy atom. The van der Waals surface area contributed by atoms with Gasteiger partial charge in [0.05, 0.1) is 7.11 Å². The maximum Gasteiger partial charge on any atom is 0.226 e. The van der Waals surface area contributed by atoms with Crippen LogP contribution in [0.15, 0.2) is 42.5 Å². The van der Waals surface area contributed by atoms with Crippen molar-refractivity contribution in [1.29, 1.82) is 0 Å². The summed E-state index contributed by atoms with van der Waals surface area (Å²) in [7, 11) is 3.21. The summed E-state index contributed by atoms with van der Waals surface area (Å²) in [5.41, 5.74) is 1.43. The van der Waals surface area contributed by atoms with E-state index >= 15 is 0 Å². The predicted molar refractivity (Wildman–Crippen MR) is 88.4 cm³/mol. The summed E-state index contributed by atoms with van der Waals surface area (Å²) in [5.74, 6) is -0.00991. The van der Waals surface area contributed by atoms with Crippen molar-refractivity contribution in [2.75, 3.05) is 14.2 Å². The lowest BCUT2D eigenvalue weighted by Gasteiger charge is -2.18. The Hall–Kier alpha value is -2.56. The number of aromatic hydroxyl groups is 1. The van der Waals surface area contributed by atoms with Gasteiger partial charge in [0.15, 0.2) is 11.5 Å². The van der Waals surface area contributed by atoms with Gasteiger partial charge in [-0.15, -0.1) is 0 Å². The molecular weight excluding hydrogens is 309 g/mol. The number of ether oxygens (including phenoxy) is 1. The number of phenols is 1. The number of carbonyl (C=O) groups excluding carboxylic acids is 1. The number of phenolic OH excluding ortho intramolecular Hbond substituents is 1. The number of carbonyl (C=O) groups is 1. The van der Waals surface area contributed by atoms with E-state index in [9.17, 15) is 14.3 Å². The molecule has 2 aromatic carbocycles. The highest BCUT2D eigenvalue weighted by molar-refractivity contribution is 5.82. The van der Waals surface area contributed by atoms with Crippen LogP contribution >= 0.6 is 0 Å². The van der Waals surface area contributed by atoms with Crippen LogP contribution < -0.4 is 4.74 Å². The second kappa shape index (κ2) is 6.51. The van der Waals surface area contributed by atoms with Crippen LogP contribution in [0.3, 0.4) is 0 Å². The van der Waals surface area contributed by atoms with Crippen molar-refractivity contribution in [3.63, 3.8) is 0 Å². The highest BCUT2D eigenvalue weighted by Crippen LogP contribution is 2.49. The molecule has 1 saturated carbocycles. The van der Waals surface area contributed by atoms with E-state index in [0.717, 1.165) is 5.56 Å². The fraction of sp³-hybridized carbons (Fsp3) is 0.316. The monoisotopic (exact) mass is 329 g/mol. The molecule has 2 aromatic rings. The van der Waals surface area contributed by atoms with Gasteiger partial charge in [-0.1, -0.05) is 24.3 Å². The molecular formula is C19H20FNO3. The lowest BCUT2D eigenvalue weighted by atomic mass is 10.1. The quantitative estimate of drug-likeness (QED) is 0.916. The molecule has 2 atom stereocenters. The summed E-state index contributed by atoms with van der Waals surface area (Å²) in [6.45, 7) is 0.386. The van der Waals surface area contributed by atoms with E-state index in [0.29, 0.717) is 24.3 Å². The fourth-order valence-electron chi connectivity index (χ4n) is 3.06. The van der Waals surface area contributed by atoms with Crippen LogP contribution in [0.4, 0.5) is 4.39 Å². The van der Waals surface area contributed by atoms with Gasteiger partial charge in [0.2, 0.25) is 5.91 Å². The van der Waals surface area contributed by atoms with Crippen LogP contribution in [-0.2, 0) is 11.3 Å². The number of rotatable bonds is 5. The largest absolute Gasteiger partial charge is 0.504 e. The molecule has 0 aliphatic heterocycles. The zero-order valence-electron chi connectivity index (χ0n) is 13.7. The Bertz CT molecular complexity index is 762. The summed E-state index contributed by atoms with van der Waals surface area (Å²) in [6.07, 6.45) is 0.679. The first-order valence-electron chi connectivity index (χ1n) is 7.86. The summed E-state index contributed by atoms with van der Waals surface area (Å²) in [4.78, 5) is 14.1. The number of hydrogen-bond acceptors (Lipinski definition) is 3. The average Bonchev–Trinajstić information content (AvgIpc) is 3.35. The molecule has 0 spiro atoms. The van der Waals surface area contributed by atoms with Crippen LogP contribution in [0.25, 0.3) is 0 Å². The first kappa shape index (κ1) is 16.3. The van der Waals surface area contributed by atoms with Gasteiger partial charge in [-0.25, -0.2) is 4.39 Å². The van der Waals surface area contributed by atoms with Crippen LogP contribution in [0.5, 0.6) is 11.5 Å². The minimum absolute atomic E-state index is 0.00133. The highest BCUT2D eigenvalue weighted by atomic mass is 19.1. The Labute approximate surface area is 140 Å². The molecule has 0 bridgehead atoms. The van der Waals surface area contributed by atoms with Crippen molar-refractivity contribution < 1.29 is 19.0 Å². The van der Waals surface area contributed by atoms with E-state index in [1.165, 1.54) is 13.2 Å². The molecule has 0 heterocycles. The van der Waals surface area contributed by atoms with E-state index in [2.05, 4.69) is 0 Å². The van der Waals surface area contributed by atoms with Gasteiger partial charge in [0, 0.05) is 19.5 Å². The zero-order chi connectivity index (χ0) is 17.3. The van der Waals surface area contributed by atoms with E-state index in [1.807, 2.05) is 6.07 Å². The van der Waals surface area contributed by atoms with Gasteiger partial charge in [-0.3, -0.25) is 4.79 Å². The predicted octanol–water partition coefficient (Wildman–Crippen LogP) is 3.30. The number of benzene rings is 2. The molecule has 24 heavy (non-hydrogen) atoms. The molecule has 126 valence electrons. The minimum atomic E-state index is -0.250. The van der Waals surface area contributed by atoms with Crippen LogP contribution in [0.1, 0.15) is 23.5 Å². The maximum atomic E-state index is 13.8. The minimum Gasteiger partial charge on any atom is -0.504 e. The maximum absolute atomic E-state index is 13.8. The Morgan fingerprint density at radius 2 is 2.08 bits per heavy atom. The standard InChI is InChI=1S/C19H20FNO3/c1-21(11-12-7-8-18(24-2)17(22)9-12)19(23)15-10-14(15)13-5-3-4-6-16(13)20/h3-9,14-15,22H,10-11H2,1-2H3/t14-,15-/m1/s1. The molecule has 1 N–H and O–H groups in total. The van der Waals surface area contributed by atoms with E-state index in [1.54, 1.807) is 42.3 Å². The third-order valence-electron chi connectivity index (χ3n) is 4.45. The SMILES string of the molecule is COc1ccc(CN(C)C(=O)[C@@H]2C[C@@H]2c2ccccc2F)cc1O. The van der Waals surface area contributed by atoms with Gasteiger partial charge in [-0.2, -0.15) is 0 Å². The molecule has 1 aliphatic carbocycles. The lowest BCUT2D eigenvalue weighted by molar-refractivity contribution is -0.131. The molecule has 0 radical (unpaired) electrons. The zero-order valence-corrected chi connectivity index (χ0v) is 13.7. The summed E-state index contributed by atoms with van der Waals surface area (Å²) in [5, 5.41) is 9.82. The molecule has 0 unspecified atom stereocenters. The molecule has 4 nitrogen and oxygen atoms in total. The summed E-state index contributed by atoms with van der Waals surface area (Å²) >= 11 is 0. The van der Waals surface area contributed by atoms with E-state index in [-0.39, 0.29) is 29.3 Å². The summed E-state index contributed by atoms with van der Waals surface area (Å²) < 4.78 is 18.8. The molecule has 3 rings (SSSR count). The van der Waals surface area contributed by atoms with Gasteiger partial charge < -0.3 is 14.7 Å². The topological polar surface area (TPSA) is 49.8 Å². The second-order valence-electron chi connectivity index (χ2n) is 6.17. The van der Waals surface area contributed by atoms with Crippen LogP contribution in [0, 0.1) is 11.7 Å². The van der Waals surface area contributed by atoms with E-state index < -0.39 is 0 Å². The smallest absolute Gasteiger partial charge is 0.226 e. The molecule has 1 fully saturated rings. The van der Waals surface area contributed by atoms with Gasteiger partial charge in [0.1, 0.15) is 5.82 Å².